The van der Waals surface area contributed by atoms with Crippen LogP contribution >= 0.6 is 0 Å². The van der Waals surface area contributed by atoms with Gasteiger partial charge in [0.25, 0.3) is 0 Å². The zero-order valence-corrected chi connectivity index (χ0v) is 11.0. The summed E-state index contributed by atoms with van der Waals surface area (Å²) in [6.07, 6.45) is -2.52. The van der Waals surface area contributed by atoms with Gasteiger partial charge in [-0.3, -0.25) is 4.79 Å². The fraction of sp³-hybridized carbons (Fsp3) is 0.462. The summed E-state index contributed by atoms with van der Waals surface area (Å²) in [7, 11) is 0. The molecule has 1 amide bonds. The number of amides is 1. The van der Waals surface area contributed by atoms with E-state index in [1.54, 1.807) is 0 Å². The van der Waals surface area contributed by atoms with Crippen molar-refractivity contribution in [3.05, 3.63) is 23.8 Å². The number of unbranched alkanes of at least 4 members (excludes halogenated alkanes) is 1. The lowest BCUT2D eigenvalue weighted by atomic mass is 10.1. The molecule has 0 radical (unpaired) electrons. The summed E-state index contributed by atoms with van der Waals surface area (Å²) in [4.78, 5) is 11.7. The number of aromatic hydroxyl groups is 1. The van der Waals surface area contributed by atoms with E-state index in [9.17, 15) is 23.1 Å². The van der Waals surface area contributed by atoms with Gasteiger partial charge >= 0.3 is 6.18 Å². The molecule has 0 saturated heterocycles. The maximum atomic E-state index is 12.5. The minimum Gasteiger partial charge on any atom is -0.506 e. The van der Waals surface area contributed by atoms with Gasteiger partial charge in [0.1, 0.15) is 5.75 Å². The van der Waals surface area contributed by atoms with E-state index in [1.807, 2.05) is 6.92 Å². The third-order valence-electron chi connectivity index (χ3n) is 2.79. The Morgan fingerprint density at radius 1 is 1.45 bits per heavy atom. The topological polar surface area (TPSA) is 75.4 Å². The van der Waals surface area contributed by atoms with E-state index in [4.69, 9.17) is 5.73 Å². The third-order valence-corrected chi connectivity index (χ3v) is 2.79. The smallest absolute Gasteiger partial charge is 0.416 e. The van der Waals surface area contributed by atoms with Gasteiger partial charge in [0, 0.05) is 0 Å². The first-order valence-corrected chi connectivity index (χ1v) is 6.22. The van der Waals surface area contributed by atoms with Crippen LogP contribution in [0.3, 0.4) is 0 Å². The number of phenolic OH excluding ortho intramolecular Hbond substituents is 1. The van der Waals surface area contributed by atoms with E-state index in [-0.39, 0.29) is 5.69 Å². The molecule has 0 spiro atoms. The predicted octanol–water partition coefficient (Wildman–Crippen LogP) is 2.87. The molecule has 1 aromatic carbocycles. The molecular weight excluding hydrogens is 273 g/mol. The molecule has 4 nitrogen and oxygen atoms in total. The van der Waals surface area contributed by atoms with Gasteiger partial charge in [-0.25, -0.2) is 0 Å². The van der Waals surface area contributed by atoms with Crippen LogP contribution < -0.4 is 11.1 Å². The lowest BCUT2D eigenvalue weighted by Gasteiger charge is -2.14. The van der Waals surface area contributed by atoms with Crippen LogP contribution in [0.1, 0.15) is 31.7 Å². The summed E-state index contributed by atoms with van der Waals surface area (Å²) in [5.41, 5.74) is 4.36. The molecule has 4 N–H and O–H groups in total. The van der Waals surface area contributed by atoms with Crippen molar-refractivity contribution in [2.24, 2.45) is 5.73 Å². The molecule has 0 aliphatic rings. The molecule has 0 saturated carbocycles. The lowest BCUT2D eigenvalue weighted by Crippen LogP contribution is -2.35. The number of anilines is 1. The van der Waals surface area contributed by atoms with Crippen molar-refractivity contribution in [2.45, 2.75) is 38.4 Å². The second-order valence-electron chi connectivity index (χ2n) is 4.47. The molecule has 1 rings (SSSR count). The van der Waals surface area contributed by atoms with Gasteiger partial charge in [0.05, 0.1) is 17.3 Å². The summed E-state index contributed by atoms with van der Waals surface area (Å²) in [5, 5.41) is 11.7. The molecule has 0 aliphatic heterocycles. The van der Waals surface area contributed by atoms with Gasteiger partial charge in [-0.2, -0.15) is 13.2 Å². The van der Waals surface area contributed by atoms with Gasteiger partial charge in [-0.1, -0.05) is 19.8 Å². The number of halogens is 3. The number of carbonyl (C=O) groups is 1. The molecule has 112 valence electrons. The number of carbonyl (C=O) groups excluding carboxylic acids is 1. The maximum Gasteiger partial charge on any atom is 0.416 e. The number of nitrogens with one attached hydrogen (secondary N) is 1. The fourth-order valence-corrected chi connectivity index (χ4v) is 1.59. The lowest BCUT2D eigenvalue weighted by molar-refractivity contribution is -0.137. The predicted molar refractivity (Wildman–Crippen MR) is 69.2 cm³/mol. The number of alkyl halides is 3. The average Bonchev–Trinajstić information content (AvgIpc) is 2.37. The molecule has 1 unspecified atom stereocenters. The summed E-state index contributed by atoms with van der Waals surface area (Å²) < 4.78 is 37.6. The van der Waals surface area contributed by atoms with Gasteiger partial charge < -0.3 is 16.2 Å². The molecule has 0 aliphatic carbocycles. The van der Waals surface area contributed by atoms with E-state index in [0.29, 0.717) is 12.5 Å². The van der Waals surface area contributed by atoms with Crippen LogP contribution in [0.25, 0.3) is 0 Å². The van der Waals surface area contributed by atoms with Crippen molar-refractivity contribution >= 4 is 11.6 Å². The molecule has 0 heterocycles. The van der Waals surface area contributed by atoms with E-state index < -0.39 is 29.4 Å². The van der Waals surface area contributed by atoms with Crippen LogP contribution in [0.2, 0.25) is 0 Å². The maximum absolute atomic E-state index is 12.5. The van der Waals surface area contributed by atoms with Crippen LogP contribution in [-0.2, 0) is 11.0 Å². The minimum atomic E-state index is -4.54. The molecule has 7 heteroatoms. The normalized spacial score (nSPS) is 13.1. The number of hydrogen-bond donors (Lipinski definition) is 3. The Bertz CT molecular complexity index is 475. The number of rotatable bonds is 5. The van der Waals surface area contributed by atoms with Crippen LogP contribution in [0, 0.1) is 0 Å². The van der Waals surface area contributed by atoms with E-state index in [1.165, 1.54) is 0 Å². The van der Waals surface area contributed by atoms with E-state index in [2.05, 4.69) is 5.32 Å². The van der Waals surface area contributed by atoms with Crippen LogP contribution in [0.5, 0.6) is 5.75 Å². The fourth-order valence-electron chi connectivity index (χ4n) is 1.59. The average molecular weight is 290 g/mol. The number of benzene rings is 1. The van der Waals surface area contributed by atoms with E-state index >= 15 is 0 Å². The zero-order chi connectivity index (χ0) is 15.3. The SMILES string of the molecule is CCCCC(N)C(=O)Nc1cc(C(F)(F)F)ccc1O. The number of phenols is 1. The van der Waals surface area contributed by atoms with Crippen LogP contribution in [0.4, 0.5) is 18.9 Å². The highest BCUT2D eigenvalue weighted by molar-refractivity contribution is 5.95. The summed E-state index contributed by atoms with van der Waals surface area (Å²) in [5.74, 6) is -1.05. The van der Waals surface area contributed by atoms with Gasteiger partial charge in [0.2, 0.25) is 5.91 Å². The Morgan fingerprint density at radius 2 is 2.10 bits per heavy atom. The first-order valence-electron chi connectivity index (χ1n) is 6.22. The van der Waals surface area contributed by atoms with Crippen LogP contribution in [0.15, 0.2) is 18.2 Å². The van der Waals surface area contributed by atoms with E-state index in [0.717, 1.165) is 25.0 Å². The number of nitrogens with two attached hydrogens (primary N) is 1. The monoisotopic (exact) mass is 290 g/mol. The second kappa shape index (κ2) is 6.60. The largest absolute Gasteiger partial charge is 0.506 e. The first kappa shape index (κ1) is 16.3. The van der Waals surface area contributed by atoms with Crippen molar-refractivity contribution in [1.29, 1.82) is 0 Å². The molecule has 0 bridgehead atoms. The first-order chi connectivity index (χ1) is 9.25. The molecular formula is C13H17F3N2O2. The Kier molecular flexibility index (Phi) is 5.38. The Hall–Kier alpha value is -1.76. The van der Waals surface area contributed by atoms with Gasteiger partial charge in [0.15, 0.2) is 0 Å². The zero-order valence-electron chi connectivity index (χ0n) is 11.0. The summed E-state index contributed by atoms with van der Waals surface area (Å²) >= 11 is 0. The quantitative estimate of drug-likeness (QED) is 0.730. The second-order valence-corrected chi connectivity index (χ2v) is 4.47. The van der Waals surface area contributed by atoms with Crippen molar-refractivity contribution in [3.63, 3.8) is 0 Å². The van der Waals surface area contributed by atoms with Crippen molar-refractivity contribution in [1.82, 2.24) is 0 Å². The van der Waals surface area contributed by atoms with Crippen LogP contribution in [-0.4, -0.2) is 17.1 Å². The highest BCUT2D eigenvalue weighted by Gasteiger charge is 2.31. The third kappa shape index (κ3) is 4.41. The highest BCUT2D eigenvalue weighted by Crippen LogP contribution is 2.34. The van der Waals surface area contributed by atoms with Crippen molar-refractivity contribution < 1.29 is 23.1 Å². The summed E-state index contributed by atoms with van der Waals surface area (Å²) in [6.45, 7) is 1.93. The standard InChI is InChI=1S/C13H17F3N2O2/c1-2-3-4-9(17)12(20)18-10-7-8(13(14,15)16)5-6-11(10)19/h5-7,9,19H,2-4,17H2,1H3,(H,18,20). The van der Waals surface area contributed by atoms with Crippen molar-refractivity contribution in [2.75, 3.05) is 5.32 Å². The Labute approximate surface area is 114 Å². The molecule has 20 heavy (non-hydrogen) atoms. The Morgan fingerprint density at radius 3 is 2.65 bits per heavy atom. The molecule has 0 fully saturated rings. The molecule has 0 aromatic heterocycles. The molecule has 1 aromatic rings. The number of hydrogen-bond acceptors (Lipinski definition) is 3. The van der Waals surface area contributed by atoms with Gasteiger partial charge in [-0.15, -0.1) is 0 Å². The minimum absolute atomic E-state index is 0.295. The Balaban J connectivity index is 2.84. The van der Waals surface area contributed by atoms with Gasteiger partial charge in [-0.05, 0) is 24.6 Å². The van der Waals surface area contributed by atoms with Crippen molar-refractivity contribution in [3.8, 4) is 5.75 Å². The highest BCUT2D eigenvalue weighted by atomic mass is 19.4. The summed E-state index contributed by atoms with van der Waals surface area (Å²) in [6, 6.07) is 1.49. The molecule has 1 atom stereocenters.